The summed E-state index contributed by atoms with van der Waals surface area (Å²) in [6.07, 6.45) is 5.94. The van der Waals surface area contributed by atoms with E-state index < -0.39 is 0 Å². The fourth-order valence-corrected chi connectivity index (χ4v) is 2.56. The van der Waals surface area contributed by atoms with Crippen LogP contribution >= 0.6 is 0 Å². The van der Waals surface area contributed by atoms with Crippen molar-refractivity contribution in [3.8, 4) is 0 Å². The molecule has 0 aliphatic carbocycles. The van der Waals surface area contributed by atoms with Gasteiger partial charge >= 0.3 is 0 Å². The average molecular weight is 221 g/mol. The van der Waals surface area contributed by atoms with E-state index in [1.807, 2.05) is 0 Å². The van der Waals surface area contributed by atoms with Gasteiger partial charge in [-0.25, -0.2) is 4.98 Å². The van der Waals surface area contributed by atoms with E-state index in [9.17, 15) is 0 Å². The van der Waals surface area contributed by atoms with Crippen LogP contribution in [0.4, 0.5) is 0 Å². The predicted octanol–water partition coefficient (Wildman–Crippen LogP) is 2.23. The van der Waals surface area contributed by atoms with Gasteiger partial charge in [-0.05, 0) is 38.6 Å². The van der Waals surface area contributed by atoms with Gasteiger partial charge in [-0.2, -0.15) is 0 Å². The molecule has 90 valence electrons. The molecule has 0 atom stereocenters. The van der Waals surface area contributed by atoms with Crippen LogP contribution in [0, 0.1) is 0 Å². The molecule has 0 fully saturated rings. The predicted molar refractivity (Wildman–Crippen MR) is 66.6 cm³/mol. The highest BCUT2D eigenvalue weighted by molar-refractivity contribution is 5.21. The Kier molecular flexibility index (Phi) is 3.64. The average Bonchev–Trinajstić information content (AvgIpc) is 2.65. The van der Waals surface area contributed by atoms with Crippen molar-refractivity contribution in [1.82, 2.24) is 9.55 Å². The third-order valence-electron chi connectivity index (χ3n) is 3.36. The van der Waals surface area contributed by atoms with Gasteiger partial charge in [0, 0.05) is 18.2 Å². The van der Waals surface area contributed by atoms with Gasteiger partial charge in [0.25, 0.3) is 0 Å². The Labute approximate surface area is 98.1 Å². The van der Waals surface area contributed by atoms with Gasteiger partial charge in [0.2, 0.25) is 0 Å². The van der Waals surface area contributed by atoms with E-state index in [2.05, 4.69) is 18.4 Å². The maximum Gasteiger partial charge on any atom is 0.111 e. The van der Waals surface area contributed by atoms with E-state index in [0.717, 1.165) is 19.4 Å². The molecule has 3 nitrogen and oxygen atoms in total. The summed E-state index contributed by atoms with van der Waals surface area (Å²) in [4.78, 5) is 4.84. The van der Waals surface area contributed by atoms with Crippen LogP contribution < -0.4 is 5.73 Å². The molecule has 3 heteroatoms. The normalized spacial score (nSPS) is 15.5. The molecule has 0 saturated carbocycles. The molecule has 0 amide bonds. The maximum atomic E-state index is 5.58. The minimum atomic E-state index is 0.531. The maximum absolute atomic E-state index is 5.58. The number of aryl methyl sites for hydroxylation is 1. The number of hydrogen-bond acceptors (Lipinski definition) is 2. The van der Waals surface area contributed by atoms with Crippen LogP contribution in [0.5, 0.6) is 0 Å². The summed E-state index contributed by atoms with van der Waals surface area (Å²) in [5.74, 6) is 1.81. The summed E-state index contributed by atoms with van der Waals surface area (Å²) in [5, 5.41) is 0. The van der Waals surface area contributed by atoms with Crippen LogP contribution in [0.25, 0.3) is 0 Å². The lowest BCUT2D eigenvalue weighted by Crippen LogP contribution is -2.14. The Balaban J connectivity index is 2.30. The molecule has 0 saturated heterocycles. The second-order valence-electron chi connectivity index (χ2n) is 5.02. The molecule has 0 bridgehead atoms. The van der Waals surface area contributed by atoms with Gasteiger partial charge in [-0.15, -0.1) is 0 Å². The molecule has 0 aromatic carbocycles. The van der Waals surface area contributed by atoms with E-state index in [-0.39, 0.29) is 0 Å². The molecule has 2 heterocycles. The first-order chi connectivity index (χ1) is 7.74. The van der Waals surface area contributed by atoms with E-state index >= 15 is 0 Å². The number of nitrogens with zero attached hydrogens (tertiary/aromatic N) is 2. The summed E-state index contributed by atoms with van der Waals surface area (Å²) in [6.45, 7) is 6.40. The third-order valence-corrected chi connectivity index (χ3v) is 3.36. The van der Waals surface area contributed by atoms with Gasteiger partial charge < -0.3 is 10.3 Å². The summed E-state index contributed by atoms with van der Waals surface area (Å²) in [5.41, 5.74) is 8.39. The first-order valence-corrected chi connectivity index (χ1v) is 6.52. The summed E-state index contributed by atoms with van der Waals surface area (Å²) in [6, 6.07) is 0. The SMILES string of the molecule is CC(C)c1nc(CCCN)c2n1CCCC2. The van der Waals surface area contributed by atoms with Gasteiger partial charge in [0.15, 0.2) is 0 Å². The highest BCUT2D eigenvalue weighted by Crippen LogP contribution is 2.25. The molecule has 1 aromatic heterocycles. The minimum absolute atomic E-state index is 0.531. The molecule has 0 unspecified atom stereocenters. The van der Waals surface area contributed by atoms with Crippen LogP contribution in [0.3, 0.4) is 0 Å². The van der Waals surface area contributed by atoms with Gasteiger partial charge in [0.1, 0.15) is 5.82 Å². The zero-order valence-corrected chi connectivity index (χ0v) is 10.5. The molecule has 1 aromatic rings. The largest absolute Gasteiger partial charge is 0.332 e. The number of nitrogens with two attached hydrogens (primary N) is 1. The van der Waals surface area contributed by atoms with Crippen molar-refractivity contribution in [3.63, 3.8) is 0 Å². The first kappa shape index (κ1) is 11.6. The topological polar surface area (TPSA) is 43.8 Å². The van der Waals surface area contributed by atoms with Crippen molar-refractivity contribution >= 4 is 0 Å². The monoisotopic (exact) mass is 221 g/mol. The lowest BCUT2D eigenvalue weighted by atomic mass is 10.1. The van der Waals surface area contributed by atoms with Crippen molar-refractivity contribution in [1.29, 1.82) is 0 Å². The van der Waals surface area contributed by atoms with E-state index in [4.69, 9.17) is 10.7 Å². The van der Waals surface area contributed by atoms with E-state index in [1.54, 1.807) is 0 Å². The van der Waals surface area contributed by atoms with Crippen molar-refractivity contribution in [2.75, 3.05) is 6.54 Å². The van der Waals surface area contributed by atoms with Gasteiger partial charge in [-0.3, -0.25) is 0 Å². The molecule has 1 aliphatic rings. The number of aromatic nitrogens is 2. The molecule has 2 N–H and O–H groups in total. The Bertz CT molecular complexity index is 352. The molecule has 16 heavy (non-hydrogen) atoms. The highest BCUT2D eigenvalue weighted by Gasteiger charge is 2.20. The highest BCUT2D eigenvalue weighted by atomic mass is 15.1. The van der Waals surface area contributed by atoms with Crippen LogP contribution in [-0.2, 0) is 19.4 Å². The summed E-state index contributed by atoms with van der Waals surface area (Å²) in [7, 11) is 0. The fraction of sp³-hybridized carbons (Fsp3) is 0.769. The Morgan fingerprint density at radius 3 is 2.88 bits per heavy atom. The lowest BCUT2D eigenvalue weighted by Gasteiger charge is -2.18. The summed E-state index contributed by atoms with van der Waals surface area (Å²) < 4.78 is 2.46. The molecule has 0 spiro atoms. The Morgan fingerprint density at radius 1 is 1.38 bits per heavy atom. The Morgan fingerprint density at radius 2 is 2.19 bits per heavy atom. The fourth-order valence-electron chi connectivity index (χ4n) is 2.56. The second kappa shape index (κ2) is 5.00. The molecule has 1 aliphatic heterocycles. The summed E-state index contributed by atoms with van der Waals surface area (Å²) >= 11 is 0. The second-order valence-corrected chi connectivity index (χ2v) is 5.02. The minimum Gasteiger partial charge on any atom is -0.332 e. The van der Waals surface area contributed by atoms with Crippen molar-refractivity contribution in [3.05, 3.63) is 17.2 Å². The molecule has 2 rings (SSSR count). The lowest BCUT2D eigenvalue weighted by molar-refractivity contribution is 0.503. The quantitative estimate of drug-likeness (QED) is 0.847. The van der Waals surface area contributed by atoms with Crippen LogP contribution in [0.1, 0.15) is 56.2 Å². The number of hydrogen-bond donors (Lipinski definition) is 1. The standard InChI is InChI=1S/C13H23N3/c1-10(2)13-15-11(6-5-8-14)12-7-3-4-9-16(12)13/h10H,3-9,14H2,1-2H3. The smallest absolute Gasteiger partial charge is 0.111 e. The van der Waals surface area contributed by atoms with Gasteiger partial charge in [0.05, 0.1) is 5.69 Å². The Hall–Kier alpha value is -0.830. The zero-order valence-electron chi connectivity index (χ0n) is 10.5. The first-order valence-electron chi connectivity index (χ1n) is 6.52. The van der Waals surface area contributed by atoms with Crippen molar-refractivity contribution in [2.45, 2.75) is 58.4 Å². The van der Waals surface area contributed by atoms with Crippen molar-refractivity contribution < 1.29 is 0 Å². The van der Waals surface area contributed by atoms with Crippen molar-refractivity contribution in [2.24, 2.45) is 5.73 Å². The third kappa shape index (κ3) is 2.14. The number of rotatable bonds is 4. The van der Waals surface area contributed by atoms with Crippen LogP contribution in [0.15, 0.2) is 0 Å². The van der Waals surface area contributed by atoms with Crippen LogP contribution in [-0.4, -0.2) is 16.1 Å². The van der Waals surface area contributed by atoms with Gasteiger partial charge in [-0.1, -0.05) is 13.8 Å². The number of imidazole rings is 1. The number of fused-ring (bicyclic) bond motifs is 1. The van der Waals surface area contributed by atoms with E-state index in [0.29, 0.717) is 5.92 Å². The molecular weight excluding hydrogens is 198 g/mol. The molecule has 0 radical (unpaired) electrons. The van der Waals surface area contributed by atoms with E-state index in [1.165, 1.54) is 43.0 Å². The molecular formula is C13H23N3. The zero-order chi connectivity index (χ0) is 11.5. The van der Waals surface area contributed by atoms with Crippen LogP contribution in [0.2, 0.25) is 0 Å².